The average Bonchev–Trinajstić information content (AvgIpc) is 3.31. The van der Waals surface area contributed by atoms with Gasteiger partial charge in [0.2, 0.25) is 10.0 Å². The van der Waals surface area contributed by atoms with E-state index in [1.807, 2.05) is 29.3 Å². The fraction of sp³-hybridized carbons (Fsp3) is 0.438. The molecule has 1 aliphatic heterocycles. The molecule has 0 radical (unpaired) electrons. The van der Waals surface area contributed by atoms with E-state index >= 15 is 0 Å². The third-order valence-corrected chi connectivity index (χ3v) is 6.67. The Bertz CT molecular complexity index is 985. The van der Waals surface area contributed by atoms with E-state index in [4.69, 9.17) is 0 Å². The van der Waals surface area contributed by atoms with E-state index in [-0.39, 0.29) is 11.8 Å². The first-order valence-electron chi connectivity index (χ1n) is 8.39. The second-order valence-corrected chi connectivity index (χ2v) is 8.46. The topological polar surface area (TPSA) is 96.8 Å². The fourth-order valence-corrected chi connectivity index (χ4v) is 4.46. The summed E-state index contributed by atoms with van der Waals surface area (Å²) in [5.74, 6) is 0.157. The molecule has 0 spiro atoms. The normalized spacial score (nSPS) is 17.3. The molecule has 9 heteroatoms. The van der Waals surface area contributed by atoms with Crippen molar-refractivity contribution in [1.29, 1.82) is 0 Å². The van der Waals surface area contributed by atoms with Crippen molar-refractivity contribution >= 4 is 21.1 Å². The van der Waals surface area contributed by atoms with E-state index in [1.165, 1.54) is 0 Å². The highest BCUT2D eigenvalue weighted by Gasteiger charge is 2.28. The maximum absolute atomic E-state index is 12.0. The molecule has 0 amide bonds. The predicted octanol–water partition coefficient (Wildman–Crippen LogP) is 1.81. The zero-order chi connectivity index (χ0) is 17.4. The van der Waals surface area contributed by atoms with E-state index in [0.29, 0.717) is 13.1 Å². The first kappa shape index (κ1) is 16.2. The third-order valence-electron chi connectivity index (χ3n) is 4.78. The van der Waals surface area contributed by atoms with E-state index in [1.54, 1.807) is 17.6 Å². The summed E-state index contributed by atoms with van der Waals surface area (Å²) in [6.07, 6.45) is 8.72. The molecule has 0 aromatic carbocycles. The van der Waals surface area contributed by atoms with Crippen LogP contribution in [0.4, 0.5) is 0 Å². The lowest BCUT2D eigenvalue weighted by atomic mass is 10.1. The van der Waals surface area contributed by atoms with Crippen molar-refractivity contribution in [2.45, 2.75) is 25.8 Å². The predicted molar refractivity (Wildman–Crippen MR) is 94.4 cm³/mol. The maximum Gasteiger partial charge on any atom is 0.213 e. The number of aromatic nitrogens is 5. The van der Waals surface area contributed by atoms with Crippen LogP contribution < -0.4 is 0 Å². The van der Waals surface area contributed by atoms with Crippen LogP contribution in [-0.2, 0) is 10.0 Å². The molecule has 25 heavy (non-hydrogen) atoms. The van der Waals surface area contributed by atoms with E-state index < -0.39 is 10.0 Å². The van der Waals surface area contributed by atoms with Gasteiger partial charge >= 0.3 is 0 Å². The van der Waals surface area contributed by atoms with Gasteiger partial charge in [0.1, 0.15) is 12.0 Å². The van der Waals surface area contributed by atoms with Crippen LogP contribution in [0.15, 0.2) is 31.0 Å². The molecule has 1 aliphatic rings. The molecule has 4 rings (SSSR count). The van der Waals surface area contributed by atoms with Crippen molar-refractivity contribution in [2.75, 3.05) is 18.8 Å². The summed E-state index contributed by atoms with van der Waals surface area (Å²) < 4.78 is 27.5. The SMILES string of the molecule is CCS(=O)(=O)N1CCC(n2cc(-c3ncnc4[nH]ccc34)cn2)CC1. The molecule has 0 unspecified atom stereocenters. The summed E-state index contributed by atoms with van der Waals surface area (Å²) in [4.78, 5) is 11.7. The van der Waals surface area contributed by atoms with Crippen LogP contribution in [0.1, 0.15) is 25.8 Å². The Morgan fingerprint density at radius 2 is 2.08 bits per heavy atom. The Labute approximate surface area is 145 Å². The monoisotopic (exact) mass is 360 g/mol. The van der Waals surface area contributed by atoms with Gasteiger partial charge in [-0.2, -0.15) is 5.10 Å². The maximum atomic E-state index is 12.0. The molecule has 1 saturated heterocycles. The zero-order valence-corrected chi connectivity index (χ0v) is 14.8. The lowest BCUT2D eigenvalue weighted by Gasteiger charge is -2.31. The quantitative estimate of drug-likeness (QED) is 0.765. The summed E-state index contributed by atoms with van der Waals surface area (Å²) in [6.45, 7) is 2.78. The lowest BCUT2D eigenvalue weighted by Crippen LogP contribution is -2.39. The van der Waals surface area contributed by atoms with Gasteiger partial charge in [-0.15, -0.1) is 0 Å². The fourth-order valence-electron chi connectivity index (χ4n) is 3.33. The summed E-state index contributed by atoms with van der Waals surface area (Å²) in [6, 6.07) is 2.16. The summed E-state index contributed by atoms with van der Waals surface area (Å²) in [5.41, 5.74) is 2.59. The van der Waals surface area contributed by atoms with Crippen LogP contribution in [-0.4, -0.2) is 56.3 Å². The molecule has 8 nitrogen and oxygen atoms in total. The van der Waals surface area contributed by atoms with Gasteiger partial charge in [0.05, 0.1) is 23.7 Å². The highest BCUT2D eigenvalue weighted by Crippen LogP contribution is 2.28. The largest absolute Gasteiger partial charge is 0.346 e. The van der Waals surface area contributed by atoms with Crippen LogP contribution in [0, 0.1) is 0 Å². The van der Waals surface area contributed by atoms with Gasteiger partial charge in [0, 0.05) is 36.4 Å². The van der Waals surface area contributed by atoms with Crippen molar-refractivity contribution in [1.82, 2.24) is 29.0 Å². The Morgan fingerprint density at radius 3 is 2.84 bits per heavy atom. The number of hydrogen-bond donors (Lipinski definition) is 1. The minimum Gasteiger partial charge on any atom is -0.346 e. The molecule has 0 saturated carbocycles. The number of hydrogen-bond acceptors (Lipinski definition) is 5. The van der Waals surface area contributed by atoms with Crippen molar-refractivity contribution in [3.63, 3.8) is 0 Å². The first-order chi connectivity index (χ1) is 12.1. The number of H-pyrrole nitrogens is 1. The van der Waals surface area contributed by atoms with Gasteiger partial charge in [0.25, 0.3) is 0 Å². The third kappa shape index (κ3) is 2.93. The summed E-state index contributed by atoms with van der Waals surface area (Å²) >= 11 is 0. The minimum absolute atomic E-state index is 0.157. The van der Waals surface area contributed by atoms with Crippen molar-refractivity contribution < 1.29 is 8.42 Å². The average molecular weight is 360 g/mol. The lowest BCUT2D eigenvalue weighted by molar-refractivity contribution is 0.261. The zero-order valence-electron chi connectivity index (χ0n) is 14.0. The van der Waals surface area contributed by atoms with Gasteiger partial charge < -0.3 is 4.98 Å². The van der Waals surface area contributed by atoms with Crippen molar-refractivity contribution in [2.24, 2.45) is 0 Å². The molecule has 3 aromatic heterocycles. The number of piperidine rings is 1. The van der Waals surface area contributed by atoms with Gasteiger partial charge in [-0.3, -0.25) is 4.68 Å². The van der Waals surface area contributed by atoms with Crippen molar-refractivity contribution in [3.8, 4) is 11.3 Å². The number of aromatic amines is 1. The summed E-state index contributed by atoms with van der Waals surface area (Å²) in [5, 5.41) is 5.46. The van der Waals surface area contributed by atoms with Gasteiger partial charge in [-0.25, -0.2) is 22.7 Å². The van der Waals surface area contributed by atoms with E-state index in [2.05, 4.69) is 20.1 Å². The molecule has 0 aliphatic carbocycles. The molecule has 0 bridgehead atoms. The van der Waals surface area contributed by atoms with Gasteiger partial charge in [0.15, 0.2) is 0 Å². The number of nitrogens with zero attached hydrogens (tertiary/aromatic N) is 5. The second-order valence-electron chi connectivity index (χ2n) is 6.20. The molecule has 4 heterocycles. The van der Waals surface area contributed by atoms with Crippen molar-refractivity contribution in [3.05, 3.63) is 31.0 Å². The highest BCUT2D eigenvalue weighted by atomic mass is 32.2. The van der Waals surface area contributed by atoms with E-state index in [0.717, 1.165) is 35.1 Å². The molecular formula is C16H20N6O2S. The second kappa shape index (κ2) is 6.23. The molecule has 1 fully saturated rings. The first-order valence-corrected chi connectivity index (χ1v) is 10.00. The molecule has 3 aromatic rings. The summed E-state index contributed by atoms with van der Waals surface area (Å²) in [7, 11) is -3.10. The Balaban J connectivity index is 1.54. The molecule has 1 N–H and O–H groups in total. The highest BCUT2D eigenvalue weighted by molar-refractivity contribution is 7.89. The Morgan fingerprint density at radius 1 is 1.28 bits per heavy atom. The van der Waals surface area contributed by atoms with Crippen LogP contribution >= 0.6 is 0 Å². The Hall–Kier alpha value is -2.26. The van der Waals surface area contributed by atoms with E-state index in [9.17, 15) is 8.42 Å². The Kier molecular flexibility index (Phi) is 4.04. The number of rotatable bonds is 4. The number of fused-ring (bicyclic) bond motifs is 1. The van der Waals surface area contributed by atoms with Crippen LogP contribution in [0.5, 0.6) is 0 Å². The molecule has 132 valence electrons. The standard InChI is InChI=1S/C16H20N6O2S/c1-2-25(23,24)21-7-4-13(5-8-21)22-10-12(9-20-22)15-14-3-6-17-16(14)19-11-18-15/h3,6,9-11,13H,2,4-5,7-8H2,1H3,(H,17,18,19). The van der Waals surface area contributed by atoms with Crippen LogP contribution in [0.25, 0.3) is 22.3 Å². The minimum atomic E-state index is -3.10. The van der Waals surface area contributed by atoms with Gasteiger partial charge in [-0.1, -0.05) is 0 Å². The van der Waals surface area contributed by atoms with Crippen LogP contribution in [0.3, 0.4) is 0 Å². The molecule has 0 atom stereocenters. The number of sulfonamides is 1. The number of nitrogens with one attached hydrogen (secondary N) is 1. The van der Waals surface area contributed by atoms with Gasteiger partial charge in [-0.05, 0) is 25.8 Å². The van der Waals surface area contributed by atoms with Crippen LogP contribution in [0.2, 0.25) is 0 Å². The molecular weight excluding hydrogens is 340 g/mol. The smallest absolute Gasteiger partial charge is 0.213 e.